The first-order valence-corrected chi connectivity index (χ1v) is 9.57. The summed E-state index contributed by atoms with van der Waals surface area (Å²) in [5.41, 5.74) is 0.800. The van der Waals surface area contributed by atoms with Crippen LogP contribution in [-0.2, 0) is 5.60 Å². The van der Waals surface area contributed by atoms with Crippen molar-refractivity contribution < 1.29 is 19.4 Å². The first kappa shape index (κ1) is 18.6. The maximum Gasteiger partial charge on any atom is 0.321 e. The molecular formula is C22H26N2O4. The topological polar surface area (TPSA) is 71.0 Å². The van der Waals surface area contributed by atoms with E-state index >= 15 is 0 Å². The Hall–Kier alpha value is -2.73. The second-order valence-corrected chi connectivity index (χ2v) is 7.76. The lowest BCUT2D eigenvalue weighted by Crippen LogP contribution is -2.35. The van der Waals surface area contributed by atoms with E-state index in [0.717, 1.165) is 22.7 Å². The third-order valence-corrected chi connectivity index (χ3v) is 6.01. The van der Waals surface area contributed by atoms with Crippen molar-refractivity contribution in [2.75, 3.05) is 32.6 Å². The number of nitrogens with zero attached hydrogens (tertiary/aromatic N) is 1. The minimum atomic E-state index is -0.845. The molecule has 1 heterocycles. The minimum absolute atomic E-state index is 0.0931. The number of urea groups is 1. The molecule has 2 aromatic rings. The minimum Gasteiger partial charge on any atom is -0.497 e. The Kier molecular flexibility index (Phi) is 4.89. The molecule has 0 radical (unpaired) electrons. The van der Waals surface area contributed by atoms with E-state index in [4.69, 9.17) is 9.47 Å². The lowest BCUT2D eigenvalue weighted by atomic mass is 9.90. The first-order chi connectivity index (χ1) is 13.5. The number of hydrogen-bond acceptors (Lipinski definition) is 4. The van der Waals surface area contributed by atoms with Gasteiger partial charge in [0.25, 0.3) is 0 Å². The molecule has 3 atom stereocenters. The Bertz CT molecular complexity index is 838. The molecule has 0 aromatic heterocycles. The second kappa shape index (κ2) is 7.36. The summed E-state index contributed by atoms with van der Waals surface area (Å²) < 4.78 is 10.4. The van der Waals surface area contributed by atoms with Gasteiger partial charge in [0.1, 0.15) is 11.5 Å². The van der Waals surface area contributed by atoms with Crippen LogP contribution in [0, 0.1) is 11.8 Å². The fraction of sp³-hybridized carbons (Fsp3) is 0.409. The quantitative estimate of drug-likeness (QED) is 0.850. The Morgan fingerprint density at radius 1 is 1.04 bits per heavy atom. The predicted octanol–water partition coefficient (Wildman–Crippen LogP) is 3.47. The third kappa shape index (κ3) is 3.52. The zero-order valence-corrected chi connectivity index (χ0v) is 16.2. The third-order valence-electron chi connectivity index (χ3n) is 6.01. The van der Waals surface area contributed by atoms with Gasteiger partial charge in [0, 0.05) is 18.8 Å². The molecule has 0 spiro atoms. The number of likely N-dealkylation sites (tertiary alicyclic amines) is 1. The Morgan fingerprint density at radius 2 is 1.68 bits per heavy atom. The van der Waals surface area contributed by atoms with Crippen LogP contribution in [0.2, 0.25) is 0 Å². The molecule has 2 N–H and O–H groups in total. The summed E-state index contributed by atoms with van der Waals surface area (Å²) in [7, 11) is 3.25. The molecule has 28 heavy (non-hydrogen) atoms. The molecule has 1 unspecified atom stereocenters. The lowest BCUT2D eigenvalue weighted by molar-refractivity contribution is 0.0326. The fourth-order valence-electron chi connectivity index (χ4n) is 4.54. The number of carbonyl (C=O) groups excluding carboxylic acids is 1. The summed E-state index contributed by atoms with van der Waals surface area (Å²) >= 11 is 0. The molecule has 6 nitrogen and oxygen atoms in total. The van der Waals surface area contributed by atoms with Crippen LogP contribution in [0.25, 0.3) is 0 Å². The number of anilines is 1. The van der Waals surface area contributed by atoms with E-state index in [9.17, 15) is 9.90 Å². The normalized spacial score (nSPS) is 26.0. The zero-order chi connectivity index (χ0) is 19.7. The molecule has 1 saturated heterocycles. The van der Waals surface area contributed by atoms with Crippen LogP contribution in [0.4, 0.5) is 10.5 Å². The number of rotatable bonds is 4. The lowest BCUT2D eigenvalue weighted by Gasteiger charge is -2.27. The van der Waals surface area contributed by atoms with Gasteiger partial charge >= 0.3 is 6.03 Å². The van der Waals surface area contributed by atoms with E-state index in [2.05, 4.69) is 5.32 Å². The van der Waals surface area contributed by atoms with Crippen molar-refractivity contribution in [3.8, 4) is 11.5 Å². The van der Waals surface area contributed by atoms with Crippen LogP contribution < -0.4 is 14.8 Å². The number of fused-ring (bicyclic) bond motifs is 1. The average molecular weight is 382 g/mol. The van der Waals surface area contributed by atoms with Gasteiger partial charge in [-0.2, -0.15) is 0 Å². The van der Waals surface area contributed by atoms with E-state index in [0.29, 0.717) is 37.8 Å². The zero-order valence-electron chi connectivity index (χ0n) is 16.2. The van der Waals surface area contributed by atoms with E-state index in [1.807, 2.05) is 53.4 Å². The van der Waals surface area contributed by atoms with Crippen molar-refractivity contribution in [2.45, 2.75) is 18.4 Å². The second-order valence-electron chi connectivity index (χ2n) is 7.76. The maximum atomic E-state index is 12.6. The smallest absolute Gasteiger partial charge is 0.321 e. The van der Waals surface area contributed by atoms with Crippen LogP contribution in [0.1, 0.15) is 18.4 Å². The van der Waals surface area contributed by atoms with Gasteiger partial charge in [0.2, 0.25) is 0 Å². The van der Waals surface area contributed by atoms with Crippen molar-refractivity contribution in [3.05, 3.63) is 54.1 Å². The summed E-state index contributed by atoms with van der Waals surface area (Å²) in [6.07, 6.45) is 1.33. The summed E-state index contributed by atoms with van der Waals surface area (Å²) in [6.45, 7) is 1.33. The van der Waals surface area contributed by atoms with E-state index in [-0.39, 0.29) is 6.03 Å². The number of nitrogens with one attached hydrogen (secondary N) is 1. The van der Waals surface area contributed by atoms with Gasteiger partial charge in [-0.25, -0.2) is 4.79 Å². The molecule has 1 aliphatic carbocycles. The summed E-state index contributed by atoms with van der Waals surface area (Å²) in [4.78, 5) is 14.5. The highest BCUT2D eigenvalue weighted by Crippen LogP contribution is 2.49. The SMILES string of the molecule is COc1ccc(NC(=O)N2C[C@@H]3CC(O)(c4cccc(OC)c4)C[C@@H]3C2)cc1. The number of ether oxygens (including phenoxy) is 2. The highest BCUT2D eigenvalue weighted by atomic mass is 16.5. The maximum absolute atomic E-state index is 12.6. The van der Waals surface area contributed by atoms with Crippen molar-refractivity contribution in [1.82, 2.24) is 4.90 Å². The number of hydrogen-bond donors (Lipinski definition) is 2. The van der Waals surface area contributed by atoms with Crippen LogP contribution in [-0.4, -0.2) is 43.3 Å². The average Bonchev–Trinajstić information content (AvgIpc) is 3.24. The molecule has 2 fully saturated rings. The fourth-order valence-corrected chi connectivity index (χ4v) is 4.54. The van der Waals surface area contributed by atoms with Gasteiger partial charge in [0.05, 0.1) is 19.8 Å². The van der Waals surface area contributed by atoms with E-state index in [1.165, 1.54) is 0 Å². The molecule has 1 saturated carbocycles. The monoisotopic (exact) mass is 382 g/mol. The number of benzene rings is 2. The summed E-state index contributed by atoms with van der Waals surface area (Å²) in [6, 6.07) is 14.9. The Labute approximate surface area is 165 Å². The highest BCUT2D eigenvalue weighted by Gasteiger charge is 2.50. The summed E-state index contributed by atoms with van der Waals surface area (Å²) in [5.74, 6) is 2.12. The van der Waals surface area contributed by atoms with Gasteiger partial charge in [-0.05, 0) is 66.6 Å². The molecule has 148 valence electrons. The van der Waals surface area contributed by atoms with Crippen LogP contribution in [0.5, 0.6) is 11.5 Å². The molecule has 4 rings (SSSR count). The van der Waals surface area contributed by atoms with E-state index < -0.39 is 5.60 Å². The van der Waals surface area contributed by atoms with Crippen molar-refractivity contribution in [3.63, 3.8) is 0 Å². The Morgan fingerprint density at radius 3 is 2.29 bits per heavy atom. The molecule has 6 heteroatoms. The van der Waals surface area contributed by atoms with Gasteiger partial charge in [0.15, 0.2) is 0 Å². The van der Waals surface area contributed by atoms with Crippen molar-refractivity contribution >= 4 is 11.7 Å². The standard InChI is InChI=1S/C22H26N2O4/c1-27-19-8-6-18(7-9-19)23-21(25)24-13-15-11-22(26,12-16(15)14-24)17-4-3-5-20(10-17)28-2/h3-10,15-16,26H,11-14H2,1-2H3,(H,23,25)/t15-,16+,22?. The molecular weight excluding hydrogens is 356 g/mol. The number of carbonyl (C=O) groups is 1. The molecule has 2 amide bonds. The number of methoxy groups -OCH3 is 2. The van der Waals surface area contributed by atoms with Crippen molar-refractivity contribution in [2.24, 2.45) is 11.8 Å². The van der Waals surface area contributed by atoms with Crippen LogP contribution in [0.3, 0.4) is 0 Å². The van der Waals surface area contributed by atoms with Crippen LogP contribution >= 0.6 is 0 Å². The molecule has 2 aliphatic rings. The molecule has 2 aromatic carbocycles. The Balaban J connectivity index is 1.38. The van der Waals surface area contributed by atoms with Crippen molar-refractivity contribution in [1.29, 1.82) is 0 Å². The summed E-state index contributed by atoms with van der Waals surface area (Å²) in [5, 5.41) is 14.2. The van der Waals surface area contributed by atoms with Gasteiger partial charge in [-0.3, -0.25) is 0 Å². The van der Waals surface area contributed by atoms with E-state index in [1.54, 1.807) is 14.2 Å². The number of amides is 2. The molecule has 0 bridgehead atoms. The first-order valence-electron chi connectivity index (χ1n) is 9.57. The predicted molar refractivity (Wildman–Crippen MR) is 107 cm³/mol. The van der Waals surface area contributed by atoms with Crippen LogP contribution in [0.15, 0.2) is 48.5 Å². The largest absolute Gasteiger partial charge is 0.497 e. The van der Waals surface area contributed by atoms with Gasteiger partial charge < -0.3 is 24.8 Å². The van der Waals surface area contributed by atoms with Gasteiger partial charge in [-0.15, -0.1) is 0 Å². The highest BCUT2D eigenvalue weighted by molar-refractivity contribution is 5.89. The number of aliphatic hydroxyl groups is 1. The van der Waals surface area contributed by atoms with Gasteiger partial charge in [-0.1, -0.05) is 12.1 Å². The molecule has 1 aliphatic heterocycles.